The fourth-order valence-electron chi connectivity index (χ4n) is 4.20. The highest BCUT2D eigenvalue weighted by Crippen LogP contribution is 2.31. The predicted molar refractivity (Wildman–Crippen MR) is 114 cm³/mol. The zero-order chi connectivity index (χ0) is 21.3. The average Bonchev–Trinajstić information content (AvgIpc) is 3.21. The van der Waals surface area contributed by atoms with E-state index < -0.39 is 0 Å². The molecule has 1 saturated heterocycles. The smallest absolute Gasteiger partial charge is 0.292 e. The van der Waals surface area contributed by atoms with E-state index in [0.717, 1.165) is 17.7 Å². The maximum Gasteiger partial charge on any atom is 0.292 e. The Morgan fingerprint density at radius 2 is 1.73 bits per heavy atom. The minimum atomic E-state index is -0.371. The van der Waals surface area contributed by atoms with Crippen molar-refractivity contribution in [2.45, 2.75) is 19.8 Å². The molecule has 2 aromatic carbocycles. The Kier molecular flexibility index (Phi) is 5.39. The molecule has 8 heteroatoms. The van der Waals surface area contributed by atoms with Crippen molar-refractivity contribution in [3.8, 4) is 0 Å². The molecule has 0 atom stereocenters. The van der Waals surface area contributed by atoms with Crippen LogP contribution in [0, 0.1) is 10.1 Å². The molecule has 2 aliphatic rings. The minimum absolute atomic E-state index is 0.0414. The van der Waals surface area contributed by atoms with Gasteiger partial charge in [-0.25, -0.2) is 0 Å². The van der Waals surface area contributed by atoms with Gasteiger partial charge in [0.15, 0.2) is 0 Å². The van der Waals surface area contributed by atoms with Gasteiger partial charge >= 0.3 is 0 Å². The molecule has 2 aliphatic heterocycles. The SMILES string of the molecule is CCC(=O)N1CCc2cc(C(=O)N3CCN(c4ccccc4[N+](=O)[O-])CC3)ccc21. The van der Waals surface area contributed by atoms with Gasteiger partial charge in [0.05, 0.1) is 4.92 Å². The standard InChI is InChI=1S/C22H24N4O4/c1-2-21(27)25-10-9-16-15-17(7-8-18(16)25)22(28)24-13-11-23(12-14-24)19-5-3-4-6-20(19)26(29)30/h3-8,15H,2,9-14H2,1H3. The first kappa shape index (κ1) is 19.9. The number of amides is 2. The van der Waals surface area contributed by atoms with Crippen molar-refractivity contribution >= 4 is 28.9 Å². The van der Waals surface area contributed by atoms with Crippen molar-refractivity contribution in [1.29, 1.82) is 0 Å². The highest BCUT2D eigenvalue weighted by atomic mass is 16.6. The summed E-state index contributed by atoms with van der Waals surface area (Å²) in [5.41, 5.74) is 3.23. The topological polar surface area (TPSA) is 87.0 Å². The second-order valence-corrected chi connectivity index (χ2v) is 7.52. The molecule has 0 N–H and O–H groups in total. The fraction of sp³-hybridized carbons (Fsp3) is 0.364. The van der Waals surface area contributed by atoms with Gasteiger partial charge in [0, 0.05) is 56.5 Å². The van der Waals surface area contributed by atoms with Gasteiger partial charge in [0.1, 0.15) is 5.69 Å². The summed E-state index contributed by atoms with van der Waals surface area (Å²) in [4.78, 5) is 41.5. The summed E-state index contributed by atoms with van der Waals surface area (Å²) in [6.45, 7) is 4.60. The summed E-state index contributed by atoms with van der Waals surface area (Å²) in [5.74, 6) is 0.0548. The zero-order valence-corrected chi connectivity index (χ0v) is 16.9. The predicted octanol–water partition coefficient (Wildman–Crippen LogP) is 2.86. The zero-order valence-electron chi connectivity index (χ0n) is 16.9. The van der Waals surface area contributed by atoms with Crippen molar-refractivity contribution in [2.24, 2.45) is 0 Å². The molecule has 2 heterocycles. The lowest BCUT2D eigenvalue weighted by atomic mass is 10.1. The third-order valence-electron chi connectivity index (χ3n) is 5.81. The van der Waals surface area contributed by atoms with Gasteiger partial charge in [-0.1, -0.05) is 19.1 Å². The van der Waals surface area contributed by atoms with E-state index in [1.165, 1.54) is 6.07 Å². The number of nitro groups is 1. The fourth-order valence-corrected chi connectivity index (χ4v) is 4.20. The number of carbonyl (C=O) groups is 2. The molecule has 2 amide bonds. The van der Waals surface area contributed by atoms with Gasteiger partial charge in [-0.3, -0.25) is 19.7 Å². The maximum absolute atomic E-state index is 13.0. The molecule has 156 valence electrons. The monoisotopic (exact) mass is 408 g/mol. The van der Waals surface area contributed by atoms with Crippen LogP contribution in [0.2, 0.25) is 0 Å². The van der Waals surface area contributed by atoms with Gasteiger partial charge in [0.25, 0.3) is 11.6 Å². The maximum atomic E-state index is 13.0. The van der Waals surface area contributed by atoms with Crippen LogP contribution in [-0.4, -0.2) is 54.4 Å². The van der Waals surface area contributed by atoms with E-state index in [9.17, 15) is 19.7 Å². The largest absolute Gasteiger partial charge is 0.362 e. The molecule has 0 unspecified atom stereocenters. The van der Waals surface area contributed by atoms with Gasteiger partial charge in [-0.2, -0.15) is 0 Å². The van der Waals surface area contributed by atoms with E-state index in [-0.39, 0.29) is 22.4 Å². The summed E-state index contributed by atoms with van der Waals surface area (Å²) in [7, 11) is 0. The number of rotatable bonds is 4. The Hall–Kier alpha value is -3.42. The minimum Gasteiger partial charge on any atom is -0.362 e. The summed E-state index contributed by atoms with van der Waals surface area (Å²) in [6.07, 6.45) is 1.22. The van der Waals surface area contributed by atoms with Crippen LogP contribution in [0.15, 0.2) is 42.5 Å². The number of fused-ring (bicyclic) bond motifs is 1. The summed E-state index contributed by atoms with van der Waals surface area (Å²) in [6, 6.07) is 12.3. The molecular weight excluding hydrogens is 384 g/mol. The van der Waals surface area contributed by atoms with E-state index in [1.54, 1.807) is 34.1 Å². The van der Waals surface area contributed by atoms with Crippen LogP contribution in [0.4, 0.5) is 17.1 Å². The molecule has 8 nitrogen and oxygen atoms in total. The highest BCUT2D eigenvalue weighted by Gasteiger charge is 2.28. The van der Waals surface area contributed by atoms with Gasteiger partial charge < -0.3 is 14.7 Å². The molecule has 4 rings (SSSR count). The van der Waals surface area contributed by atoms with E-state index in [0.29, 0.717) is 50.4 Å². The van der Waals surface area contributed by atoms with E-state index >= 15 is 0 Å². The third kappa shape index (κ3) is 3.60. The lowest BCUT2D eigenvalue weighted by molar-refractivity contribution is -0.384. The number of piperazine rings is 1. The molecule has 0 radical (unpaired) electrons. The molecule has 0 bridgehead atoms. The summed E-state index contributed by atoms with van der Waals surface area (Å²) >= 11 is 0. The Morgan fingerprint density at radius 1 is 1.00 bits per heavy atom. The number of anilines is 2. The molecule has 0 aromatic heterocycles. The number of carbonyl (C=O) groups excluding carboxylic acids is 2. The molecule has 1 fully saturated rings. The van der Waals surface area contributed by atoms with Crippen LogP contribution in [0.5, 0.6) is 0 Å². The molecule has 0 spiro atoms. The van der Waals surface area contributed by atoms with Gasteiger partial charge in [-0.15, -0.1) is 0 Å². The van der Waals surface area contributed by atoms with Crippen LogP contribution in [0.1, 0.15) is 29.3 Å². The molecule has 0 aliphatic carbocycles. The van der Waals surface area contributed by atoms with E-state index in [4.69, 9.17) is 0 Å². The lowest BCUT2D eigenvalue weighted by Crippen LogP contribution is -2.49. The number of para-hydroxylation sites is 2. The second kappa shape index (κ2) is 8.14. The summed E-state index contributed by atoms with van der Waals surface area (Å²) in [5, 5.41) is 11.3. The van der Waals surface area contributed by atoms with Crippen LogP contribution in [-0.2, 0) is 11.2 Å². The molecule has 2 aromatic rings. The van der Waals surface area contributed by atoms with Crippen molar-refractivity contribution in [1.82, 2.24) is 4.90 Å². The summed E-state index contributed by atoms with van der Waals surface area (Å²) < 4.78 is 0. The average molecular weight is 408 g/mol. The van der Waals surface area contributed by atoms with Crippen LogP contribution >= 0.6 is 0 Å². The Labute approximate surface area is 174 Å². The Morgan fingerprint density at radius 3 is 2.43 bits per heavy atom. The van der Waals surface area contributed by atoms with Crippen LogP contribution < -0.4 is 9.80 Å². The highest BCUT2D eigenvalue weighted by molar-refractivity contribution is 5.98. The van der Waals surface area contributed by atoms with Gasteiger partial charge in [0.2, 0.25) is 5.91 Å². The van der Waals surface area contributed by atoms with Crippen molar-refractivity contribution < 1.29 is 14.5 Å². The number of nitro benzene ring substituents is 1. The van der Waals surface area contributed by atoms with Crippen molar-refractivity contribution in [3.63, 3.8) is 0 Å². The third-order valence-corrected chi connectivity index (χ3v) is 5.81. The number of hydrogen-bond acceptors (Lipinski definition) is 5. The Balaban J connectivity index is 1.44. The van der Waals surface area contributed by atoms with Crippen molar-refractivity contribution in [2.75, 3.05) is 42.5 Å². The lowest BCUT2D eigenvalue weighted by Gasteiger charge is -2.35. The number of hydrogen-bond donors (Lipinski definition) is 0. The number of benzene rings is 2. The van der Waals surface area contributed by atoms with Crippen LogP contribution in [0.3, 0.4) is 0 Å². The van der Waals surface area contributed by atoms with Crippen molar-refractivity contribution in [3.05, 3.63) is 63.7 Å². The normalized spacial score (nSPS) is 15.8. The number of nitrogens with zero attached hydrogens (tertiary/aromatic N) is 4. The van der Waals surface area contributed by atoms with Gasteiger partial charge in [-0.05, 0) is 36.2 Å². The first-order valence-corrected chi connectivity index (χ1v) is 10.2. The first-order valence-electron chi connectivity index (χ1n) is 10.2. The molecule has 0 saturated carbocycles. The first-order chi connectivity index (χ1) is 14.5. The second-order valence-electron chi connectivity index (χ2n) is 7.52. The molecule has 30 heavy (non-hydrogen) atoms. The van der Waals surface area contributed by atoms with E-state index in [2.05, 4.69) is 0 Å². The molecular formula is C22H24N4O4. The Bertz CT molecular complexity index is 998. The van der Waals surface area contributed by atoms with E-state index in [1.807, 2.05) is 24.0 Å². The quantitative estimate of drug-likeness (QED) is 0.574. The van der Waals surface area contributed by atoms with Crippen LogP contribution in [0.25, 0.3) is 0 Å².